The molecule has 2 aliphatic heterocycles. The van der Waals surface area contributed by atoms with Crippen LogP contribution in [0.25, 0.3) is 20.2 Å². The van der Waals surface area contributed by atoms with Crippen molar-refractivity contribution in [2.45, 2.75) is 69.8 Å². The van der Waals surface area contributed by atoms with Gasteiger partial charge in [-0.3, -0.25) is 0 Å². The van der Waals surface area contributed by atoms with Gasteiger partial charge in [0, 0.05) is 6.42 Å². The topological polar surface area (TPSA) is 211 Å². The SMILES string of the molecule is COC(=O)C1=C(C)N(N2C(C)=C(C(=O)OC3CC3)C(c3csc4c(C#N)cccc34)C(C(=O)OCC3CC3)=C2N)C(N)=C(C(=O)OCC2CC2(F)F)C1c1csc2c(C#N)cccc12. The fraction of sp³-hybridized carbons (Fsp3) is 0.348. The molecule has 328 valence electrons. The number of nitrogens with two attached hydrogens (primary N) is 2. The van der Waals surface area contributed by atoms with Gasteiger partial charge in [-0.15, -0.1) is 22.7 Å². The first-order chi connectivity index (χ1) is 30.7. The van der Waals surface area contributed by atoms with E-state index in [1.54, 1.807) is 54.1 Å². The molecule has 64 heavy (non-hydrogen) atoms. The van der Waals surface area contributed by atoms with Crippen LogP contribution in [0.2, 0.25) is 0 Å². The van der Waals surface area contributed by atoms with E-state index in [1.807, 2.05) is 0 Å². The number of nitriles is 2. The largest absolute Gasteiger partial charge is 0.466 e. The van der Waals surface area contributed by atoms with Crippen molar-refractivity contribution in [3.63, 3.8) is 0 Å². The molecule has 4 aromatic rings. The van der Waals surface area contributed by atoms with Crippen molar-refractivity contribution in [2.24, 2.45) is 23.3 Å². The number of hydrogen-bond donors (Lipinski definition) is 2. The smallest absolute Gasteiger partial charge is 0.338 e. The van der Waals surface area contributed by atoms with Gasteiger partial charge in [-0.05, 0) is 90.2 Å². The lowest BCUT2D eigenvalue weighted by Gasteiger charge is -2.47. The normalized spacial score (nSPS) is 21.8. The number of esters is 4. The van der Waals surface area contributed by atoms with Crippen molar-refractivity contribution < 1.29 is 46.9 Å². The monoisotopic (exact) mass is 906 g/mol. The molecule has 0 bridgehead atoms. The Morgan fingerprint density at radius 1 is 0.734 bits per heavy atom. The van der Waals surface area contributed by atoms with Crippen LogP contribution in [0, 0.1) is 34.5 Å². The highest BCUT2D eigenvalue weighted by atomic mass is 32.1. The maximum Gasteiger partial charge on any atom is 0.338 e. The molecule has 2 aromatic heterocycles. The first kappa shape index (κ1) is 42.5. The number of carbonyl (C=O) groups excluding carboxylic acids is 4. The number of halogens is 2. The van der Waals surface area contributed by atoms with Crippen LogP contribution in [-0.4, -0.2) is 66.2 Å². The zero-order valence-corrected chi connectivity index (χ0v) is 36.4. The van der Waals surface area contributed by atoms with Crippen molar-refractivity contribution in [1.82, 2.24) is 10.0 Å². The molecule has 4 N–H and O–H groups in total. The number of hydrazine groups is 1. The Bertz CT molecular complexity index is 2930. The predicted molar refractivity (Wildman–Crippen MR) is 229 cm³/mol. The van der Waals surface area contributed by atoms with Gasteiger partial charge in [0.25, 0.3) is 5.92 Å². The van der Waals surface area contributed by atoms with E-state index in [0.29, 0.717) is 55.3 Å². The number of carbonyl (C=O) groups is 4. The summed E-state index contributed by atoms with van der Waals surface area (Å²) in [7, 11) is 1.14. The minimum Gasteiger partial charge on any atom is -0.466 e. The summed E-state index contributed by atoms with van der Waals surface area (Å²) in [6.45, 7) is 2.49. The highest BCUT2D eigenvalue weighted by Crippen LogP contribution is 2.52. The molecule has 3 saturated carbocycles. The summed E-state index contributed by atoms with van der Waals surface area (Å²) in [5, 5.41) is 26.9. The Kier molecular flexibility index (Phi) is 10.7. The van der Waals surface area contributed by atoms with Crippen LogP contribution in [0.4, 0.5) is 8.78 Å². The van der Waals surface area contributed by atoms with Crippen molar-refractivity contribution in [3.8, 4) is 12.1 Å². The summed E-state index contributed by atoms with van der Waals surface area (Å²) in [6, 6.07) is 14.5. The molecule has 3 atom stereocenters. The third-order valence-electron chi connectivity index (χ3n) is 12.3. The number of ether oxygens (including phenoxy) is 4. The molecule has 0 spiro atoms. The second-order valence-corrected chi connectivity index (χ2v) is 18.2. The van der Waals surface area contributed by atoms with E-state index in [4.69, 9.17) is 30.4 Å². The minimum atomic E-state index is -3.03. The van der Waals surface area contributed by atoms with Crippen LogP contribution >= 0.6 is 22.7 Å². The number of thiophene rings is 2. The zero-order chi connectivity index (χ0) is 45.4. The van der Waals surface area contributed by atoms with Gasteiger partial charge in [0.15, 0.2) is 0 Å². The summed E-state index contributed by atoms with van der Waals surface area (Å²) >= 11 is 2.45. The molecule has 5 aliphatic rings. The van der Waals surface area contributed by atoms with E-state index in [1.165, 1.54) is 39.6 Å². The van der Waals surface area contributed by atoms with Crippen LogP contribution in [0.3, 0.4) is 0 Å². The Morgan fingerprint density at radius 3 is 1.62 bits per heavy atom. The average molecular weight is 907 g/mol. The fourth-order valence-electron chi connectivity index (χ4n) is 8.48. The van der Waals surface area contributed by atoms with Gasteiger partial charge < -0.3 is 30.4 Å². The van der Waals surface area contributed by atoms with Gasteiger partial charge in [0.2, 0.25) is 0 Å². The van der Waals surface area contributed by atoms with E-state index in [0.717, 1.165) is 20.0 Å². The van der Waals surface area contributed by atoms with Crippen LogP contribution in [0.15, 0.2) is 92.5 Å². The quantitative estimate of drug-likeness (QED) is 0.106. The van der Waals surface area contributed by atoms with Crippen LogP contribution < -0.4 is 11.5 Å². The van der Waals surface area contributed by atoms with Gasteiger partial charge >= 0.3 is 23.9 Å². The number of fused-ring (bicyclic) bond motifs is 2. The Labute approximate surface area is 373 Å². The van der Waals surface area contributed by atoms with Crippen molar-refractivity contribution in [3.05, 3.63) is 115 Å². The molecule has 9 rings (SSSR count). The third-order valence-corrected chi connectivity index (χ3v) is 14.4. The lowest BCUT2D eigenvalue weighted by Crippen LogP contribution is -2.51. The van der Waals surface area contributed by atoms with Crippen LogP contribution in [-0.2, 0) is 38.1 Å². The third kappa shape index (κ3) is 7.20. The first-order valence-corrected chi connectivity index (χ1v) is 22.3. The highest BCUT2D eigenvalue weighted by molar-refractivity contribution is 7.18. The molecule has 3 fully saturated rings. The zero-order valence-electron chi connectivity index (χ0n) is 34.7. The van der Waals surface area contributed by atoms with Crippen molar-refractivity contribution in [2.75, 3.05) is 20.3 Å². The highest BCUT2D eigenvalue weighted by Gasteiger charge is 2.58. The molecule has 3 unspecified atom stereocenters. The number of benzene rings is 2. The molecule has 18 heteroatoms. The number of alkyl halides is 2. The van der Waals surface area contributed by atoms with E-state index >= 15 is 0 Å². The molecule has 14 nitrogen and oxygen atoms in total. The molecule has 4 heterocycles. The summed E-state index contributed by atoms with van der Waals surface area (Å²) < 4.78 is 52.3. The van der Waals surface area contributed by atoms with E-state index in [9.17, 15) is 38.5 Å². The average Bonchev–Trinajstić information content (AvgIpc) is 4.25. The summed E-state index contributed by atoms with van der Waals surface area (Å²) in [5.41, 5.74) is 15.3. The van der Waals surface area contributed by atoms with Gasteiger partial charge in [0.1, 0.15) is 36.5 Å². The molecule has 2 aromatic carbocycles. The van der Waals surface area contributed by atoms with Gasteiger partial charge in [0.05, 0.1) is 85.7 Å². The Morgan fingerprint density at radius 2 is 1.20 bits per heavy atom. The van der Waals surface area contributed by atoms with E-state index < -0.39 is 66.7 Å². The molecule has 3 aliphatic carbocycles. The summed E-state index contributed by atoms with van der Waals surface area (Å²) in [5.74, 6) is -11.0. The number of methoxy groups -OCH3 is 1. The summed E-state index contributed by atoms with van der Waals surface area (Å²) in [4.78, 5) is 58.2. The van der Waals surface area contributed by atoms with Crippen molar-refractivity contribution >= 4 is 66.7 Å². The lowest BCUT2D eigenvalue weighted by molar-refractivity contribution is -0.143. The Balaban J connectivity index is 1.29. The second kappa shape index (κ2) is 16.1. The standard InChI is InChI=1S/C46H40F2N6O8S2/c1-21-32(42(55)59-3)34(30-19-63-38-24(15-49)6-4-8-28(30)38)36(44(57)61-18-26-14-46(26,47)48)40(51)53(21)54-22(2)33(45(58)62-27-12-13-27)35(37(41(54)52)43(56)60-17-23-10-11-23)31-20-64-39-25(16-50)7-5-9-29(31)39/h4-9,19-20,23,26-27,34-35H,10-14,17-18,51-52H2,1-3H3. The first-order valence-electron chi connectivity index (χ1n) is 20.5. The van der Waals surface area contributed by atoms with E-state index in [-0.39, 0.29) is 57.9 Å². The second-order valence-electron chi connectivity index (χ2n) is 16.5. The lowest BCUT2D eigenvalue weighted by atomic mass is 9.79. The number of allylic oxidation sites excluding steroid dienone is 2. The Hall–Kier alpha value is -6.76. The van der Waals surface area contributed by atoms with Crippen molar-refractivity contribution in [1.29, 1.82) is 10.5 Å². The number of hydrogen-bond acceptors (Lipinski definition) is 16. The fourth-order valence-corrected chi connectivity index (χ4v) is 10.6. The van der Waals surface area contributed by atoms with Gasteiger partial charge in [-0.25, -0.2) is 38.0 Å². The minimum absolute atomic E-state index is 0.0307. The van der Waals surface area contributed by atoms with Crippen LogP contribution in [0.5, 0.6) is 0 Å². The maximum atomic E-state index is 14.7. The van der Waals surface area contributed by atoms with Gasteiger partial charge in [-0.2, -0.15) is 10.5 Å². The molecular formula is C46H40F2N6O8S2. The van der Waals surface area contributed by atoms with E-state index in [2.05, 4.69) is 12.1 Å². The van der Waals surface area contributed by atoms with Crippen LogP contribution in [0.1, 0.15) is 80.0 Å². The molecule has 0 amide bonds. The number of rotatable bonds is 12. The molecule has 0 radical (unpaired) electrons. The maximum absolute atomic E-state index is 14.7. The predicted octanol–water partition coefficient (Wildman–Crippen LogP) is 7.19. The van der Waals surface area contributed by atoms with Gasteiger partial charge in [-0.1, -0.05) is 24.3 Å². The number of nitrogens with zero attached hydrogens (tertiary/aromatic N) is 4. The molecular weight excluding hydrogens is 867 g/mol. The molecule has 0 saturated heterocycles. The summed E-state index contributed by atoms with van der Waals surface area (Å²) in [6.07, 6.45) is 2.06.